The number of amides is 1. The fraction of sp³-hybridized carbons (Fsp3) is 0.0769. The normalized spacial score (nSPS) is 10.1. The van der Waals surface area contributed by atoms with Gasteiger partial charge in [0.1, 0.15) is 0 Å². The average molecular weight is 306 g/mol. The molecule has 0 saturated heterocycles. The topological polar surface area (TPSA) is 68.0 Å². The lowest BCUT2D eigenvalue weighted by Crippen LogP contribution is -2.14. The number of aryl methyl sites for hydroxylation is 1. The second-order valence-corrected chi connectivity index (χ2v) is 4.79. The Bertz CT molecular complexity index is 581. The summed E-state index contributed by atoms with van der Waals surface area (Å²) in [5.74, 6) is -0.251. The number of hydrogen-bond donors (Lipinski definition) is 2. The number of aromatic nitrogens is 1. The summed E-state index contributed by atoms with van der Waals surface area (Å²) >= 11 is 3.31. The molecule has 0 spiro atoms. The van der Waals surface area contributed by atoms with Gasteiger partial charge in [-0.05, 0) is 37.3 Å². The van der Waals surface area contributed by atoms with E-state index in [1.807, 2.05) is 13.0 Å². The number of hydrogen-bond acceptors (Lipinski definition) is 3. The Morgan fingerprint density at radius 1 is 1.33 bits per heavy atom. The highest BCUT2D eigenvalue weighted by Gasteiger charge is 2.10. The third kappa shape index (κ3) is 2.87. The van der Waals surface area contributed by atoms with Gasteiger partial charge in [-0.25, -0.2) is 0 Å². The molecule has 92 valence electrons. The maximum Gasteiger partial charge on any atom is 0.257 e. The number of nitrogens with one attached hydrogen (secondary N) is 1. The zero-order valence-electron chi connectivity index (χ0n) is 9.77. The van der Waals surface area contributed by atoms with E-state index in [1.54, 1.807) is 30.5 Å². The van der Waals surface area contributed by atoms with Gasteiger partial charge in [0.25, 0.3) is 5.91 Å². The van der Waals surface area contributed by atoms with E-state index in [0.29, 0.717) is 16.9 Å². The summed E-state index contributed by atoms with van der Waals surface area (Å²) in [4.78, 5) is 16.1. The highest BCUT2D eigenvalue weighted by molar-refractivity contribution is 9.10. The summed E-state index contributed by atoms with van der Waals surface area (Å²) in [6.07, 6.45) is 1.61. The molecule has 1 heterocycles. The third-order valence-corrected chi connectivity index (χ3v) is 2.92. The molecule has 2 aromatic rings. The lowest BCUT2D eigenvalue weighted by Gasteiger charge is -2.07. The Morgan fingerprint density at radius 2 is 2.11 bits per heavy atom. The van der Waals surface area contributed by atoms with Crippen molar-refractivity contribution in [1.82, 2.24) is 4.98 Å². The van der Waals surface area contributed by atoms with Crippen molar-refractivity contribution in [2.45, 2.75) is 6.92 Å². The van der Waals surface area contributed by atoms with Crippen molar-refractivity contribution < 1.29 is 4.79 Å². The smallest absolute Gasteiger partial charge is 0.257 e. The molecule has 0 aliphatic heterocycles. The number of benzene rings is 1. The predicted molar refractivity (Wildman–Crippen MR) is 75.5 cm³/mol. The minimum Gasteiger partial charge on any atom is -0.398 e. The van der Waals surface area contributed by atoms with Crippen molar-refractivity contribution in [3.05, 3.63) is 52.3 Å². The van der Waals surface area contributed by atoms with Crippen molar-refractivity contribution in [3.63, 3.8) is 0 Å². The molecule has 0 bridgehead atoms. The molecule has 3 N–H and O–H groups in total. The van der Waals surface area contributed by atoms with Crippen LogP contribution in [-0.2, 0) is 0 Å². The first kappa shape index (κ1) is 12.6. The molecule has 0 atom stereocenters. The van der Waals surface area contributed by atoms with Crippen LogP contribution >= 0.6 is 15.9 Å². The second-order valence-electron chi connectivity index (χ2n) is 3.87. The van der Waals surface area contributed by atoms with Crippen LogP contribution in [0.1, 0.15) is 16.1 Å². The highest BCUT2D eigenvalue weighted by Crippen LogP contribution is 2.19. The van der Waals surface area contributed by atoms with Gasteiger partial charge in [0, 0.05) is 15.9 Å². The number of nitrogen functional groups attached to an aromatic ring is 1. The van der Waals surface area contributed by atoms with E-state index in [1.165, 1.54) is 0 Å². The van der Waals surface area contributed by atoms with Crippen LogP contribution < -0.4 is 11.1 Å². The molecule has 0 fully saturated rings. The van der Waals surface area contributed by atoms with E-state index in [4.69, 9.17) is 5.73 Å². The molecular weight excluding hydrogens is 294 g/mol. The molecule has 2 rings (SSSR count). The number of pyridine rings is 1. The Morgan fingerprint density at radius 3 is 2.78 bits per heavy atom. The van der Waals surface area contributed by atoms with Gasteiger partial charge in [-0.15, -0.1) is 0 Å². The summed E-state index contributed by atoms with van der Waals surface area (Å²) in [5.41, 5.74) is 8.19. The van der Waals surface area contributed by atoms with Crippen LogP contribution in [0.2, 0.25) is 0 Å². The van der Waals surface area contributed by atoms with Crippen molar-refractivity contribution in [1.29, 1.82) is 0 Å². The van der Waals surface area contributed by atoms with Crippen LogP contribution in [0.5, 0.6) is 0 Å². The van der Waals surface area contributed by atoms with Crippen LogP contribution in [0, 0.1) is 6.92 Å². The van der Waals surface area contributed by atoms with E-state index in [2.05, 4.69) is 26.2 Å². The summed E-state index contributed by atoms with van der Waals surface area (Å²) < 4.78 is 0.809. The number of nitrogens with zero attached hydrogens (tertiary/aromatic N) is 1. The number of carbonyl (C=O) groups excluding carboxylic acids is 1. The summed E-state index contributed by atoms with van der Waals surface area (Å²) in [7, 11) is 0. The fourth-order valence-electron chi connectivity index (χ4n) is 1.47. The second kappa shape index (κ2) is 5.18. The van der Waals surface area contributed by atoms with Crippen LogP contribution in [0.15, 0.2) is 41.0 Å². The SMILES string of the molecule is Cc1ccc(NC(=O)c2cc(Br)ccc2N)cn1. The van der Waals surface area contributed by atoms with Gasteiger partial charge in [-0.2, -0.15) is 0 Å². The van der Waals surface area contributed by atoms with E-state index >= 15 is 0 Å². The largest absolute Gasteiger partial charge is 0.398 e. The molecule has 18 heavy (non-hydrogen) atoms. The van der Waals surface area contributed by atoms with E-state index < -0.39 is 0 Å². The third-order valence-electron chi connectivity index (χ3n) is 2.43. The average Bonchev–Trinajstić information content (AvgIpc) is 2.35. The van der Waals surface area contributed by atoms with Crippen LogP contribution in [-0.4, -0.2) is 10.9 Å². The Labute approximate surface area is 113 Å². The van der Waals surface area contributed by atoms with Crippen LogP contribution in [0.25, 0.3) is 0 Å². The monoisotopic (exact) mass is 305 g/mol. The van der Waals surface area contributed by atoms with Crippen molar-refractivity contribution in [2.24, 2.45) is 0 Å². The number of rotatable bonds is 2. The first-order chi connectivity index (χ1) is 8.56. The summed E-state index contributed by atoms with van der Waals surface area (Å²) in [6.45, 7) is 1.89. The van der Waals surface area contributed by atoms with E-state index in [9.17, 15) is 4.79 Å². The molecule has 0 aliphatic rings. The van der Waals surface area contributed by atoms with Crippen molar-refractivity contribution in [2.75, 3.05) is 11.1 Å². The Balaban J connectivity index is 2.21. The molecular formula is C13H12BrN3O. The standard InChI is InChI=1S/C13H12BrN3O/c1-8-2-4-10(7-16-8)17-13(18)11-6-9(14)3-5-12(11)15/h2-7H,15H2,1H3,(H,17,18). The minimum atomic E-state index is -0.251. The lowest BCUT2D eigenvalue weighted by molar-refractivity contribution is 0.102. The molecule has 4 nitrogen and oxygen atoms in total. The number of anilines is 2. The first-order valence-corrected chi connectivity index (χ1v) is 6.14. The van der Waals surface area contributed by atoms with Gasteiger partial charge in [0.05, 0.1) is 17.4 Å². The molecule has 0 unspecified atom stereocenters. The number of carbonyl (C=O) groups is 1. The number of nitrogens with two attached hydrogens (primary N) is 1. The van der Waals surface area contributed by atoms with Gasteiger partial charge in [0.15, 0.2) is 0 Å². The zero-order chi connectivity index (χ0) is 13.1. The number of halogens is 1. The maximum atomic E-state index is 12.0. The van der Waals surface area contributed by atoms with E-state index in [0.717, 1.165) is 10.2 Å². The molecule has 0 radical (unpaired) electrons. The van der Waals surface area contributed by atoms with Gasteiger partial charge < -0.3 is 11.1 Å². The lowest BCUT2D eigenvalue weighted by atomic mass is 10.1. The quantitative estimate of drug-likeness (QED) is 0.838. The van der Waals surface area contributed by atoms with Crippen molar-refractivity contribution >= 4 is 33.2 Å². The van der Waals surface area contributed by atoms with Crippen LogP contribution in [0.3, 0.4) is 0 Å². The molecule has 1 amide bonds. The fourth-order valence-corrected chi connectivity index (χ4v) is 1.83. The van der Waals surface area contributed by atoms with Gasteiger partial charge >= 0.3 is 0 Å². The molecule has 1 aromatic heterocycles. The van der Waals surface area contributed by atoms with Gasteiger partial charge in [-0.1, -0.05) is 15.9 Å². The van der Waals surface area contributed by atoms with Crippen molar-refractivity contribution in [3.8, 4) is 0 Å². The Kier molecular flexibility index (Phi) is 3.62. The molecule has 0 saturated carbocycles. The molecule has 0 aliphatic carbocycles. The van der Waals surface area contributed by atoms with Gasteiger partial charge in [0.2, 0.25) is 0 Å². The van der Waals surface area contributed by atoms with Crippen LogP contribution in [0.4, 0.5) is 11.4 Å². The molecule has 5 heteroatoms. The highest BCUT2D eigenvalue weighted by atomic mass is 79.9. The maximum absolute atomic E-state index is 12.0. The molecule has 1 aromatic carbocycles. The Hall–Kier alpha value is -1.88. The zero-order valence-corrected chi connectivity index (χ0v) is 11.4. The summed E-state index contributed by atoms with van der Waals surface area (Å²) in [6, 6.07) is 8.80. The minimum absolute atomic E-state index is 0.251. The predicted octanol–water partition coefficient (Wildman–Crippen LogP) is 2.99. The first-order valence-electron chi connectivity index (χ1n) is 5.35. The van der Waals surface area contributed by atoms with Gasteiger partial charge in [-0.3, -0.25) is 9.78 Å². The van der Waals surface area contributed by atoms with E-state index in [-0.39, 0.29) is 5.91 Å². The summed E-state index contributed by atoms with van der Waals surface area (Å²) in [5, 5.41) is 2.75.